The molecule has 0 radical (unpaired) electrons. The Kier molecular flexibility index (Phi) is 6.40. The van der Waals surface area contributed by atoms with E-state index in [2.05, 4.69) is 15.9 Å². The summed E-state index contributed by atoms with van der Waals surface area (Å²) < 4.78 is 11.3. The van der Waals surface area contributed by atoms with Gasteiger partial charge >= 0.3 is 11.9 Å². The van der Waals surface area contributed by atoms with Crippen LogP contribution in [-0.2, 0) is 19.1 Å². The van der Waals surface area contributed by atoms with E-state index in [0.29, 0.717) is 0 Å². The Hall–Kier alpha value is -1.36. The van der Waals surface area contributed by atoms with Crippen molar-refractivity contribution in [3.8, 4) is 0 Å². The topological polar surface area (TPSA) is 52.6 Å². The van der Waals surface area contributed by atoms with Crippen LogP contribution < -0.4 is 0 Å². The summed E-state index contributed by atoms with van der Waals surface area (Å²) in [4.78, 5) is 24.6. The molecule has 0 aromatic heterocycles. The number of methoxy groups -OCH3 is 1. The highest BCUT2D eigenvalue weighted by molar-refractivity contribution is 9.10. The van der Waals surface area contributed by atoms with Crippen molar-refractivity contribution in [1.29, 1.82) is 0 Å². The van der Waals surface area contributed by atoms with Crippen LogP contribution in [-0.4, -0.2) is 24.6 Å². The molecule has 0 amide bonds. The van der Waals surface area contributed by atoms with Crippen molar-refractivity contribution in [3.05, 3.63) is 34.3 Å². The van der Waals surface area contributed by atoms with Gasteiger partial charge in [-0.15, -0.1) is 0 Å². The van der Waals surface area contributed by atoms with Crippen LogP contribution >= 0.6 is 15.9 Å². The van der Waals surface area contributed by atoms with Crippen molar-refractivity contribution in [2.45, 2.75) is 52.6 Å². The number of hydrogen-bond acceptors (Lipinski definition) is 4. The van der Waals surface area contributed by atoms with Crippen LogP contribution in [0.15, 0.2) is 28.7 Å². The zero-order chi connectivity index (χ0) is 17.8. The molecule has 0 aliphatic carbocycles. The van der Waals surface area contributed by atoms with Crippen molar-refractivity contribution < 1.29 is 19.1 Å². The van der Waals surface area contributed by atoms with E-state index in [1.807, 2.05) is 31.2 Å². The summed E-state index contributed by atoms with van der Waals surface area (Å²) in [6.07, 6.45) is -0.0336. The molecule has 1 rings (SSSR count). The van der Waals surface area contributed by atoms with Gasteiger partial charge in [0.05, 0.1) is 18.9 Å². The Morgan fingerprint density at radius 3 is 2.09 bits per heavy atom. The van der Waals surface area contributed by atoms with Gasteiger partial charge in [-0.1, -0.05) is 35.0 Å². The molecule has 0 spiro atoms. The SMILES string of the molecule is COC(=O)C(C)(CC(=O)OC(C)(C)C)[C@H](C)c1ccc(Br)cc1. The monoisotopic (exact) mass is 384 g/mol. The average molecular weight is 385 g/mol. The summed E-state index contributed by atoms with van der Waals surface area (Å²) in [5.41, 5.74) is -0.621. The molecule has 0 saturated carbocycles. The molecule has 1 aromatic carbocycles. The van der Waals surface area contributed by atoms with E-state index in [1.54, 1.807) is 27.7 Å². The number of halogens is 1. The zero-order valence-electron chi connectivity index (χ0n) is 14.6. The maximum Gasteiger partial charge on any atom is 0.312 e. The standard InChI is InChI=1S/C18H25BrO4/c1-12(13-7-9-14(19)10-8-13)18(5,16(21)22-6)11-15(20)23-17(2,3)4/h7-10,12H,11H2,1-6H3/t12-,18?/m1/s1. The number of benzene rings is 1. The van der Waals surface area contributed by atoms with Crippen LogP contribution in [0.1, 0.15) is 52.5 Å². The van der Waals surface area contributed by atoms with Crippen LogP contribution in [0.3, 0.4) is 0 Å². The normalized spacial score (nSPS) is 15.4. The second-order valence-electron chi connectivity index (χ2n) is 6.95. The Labute approximate surface area is 146 Å². The molecular weight excluding hydrogens is 360 g/mol. The maximum atomic E-state index is 12.4. The number of carbonyl (C=O) groups is 2. The van der Waals surface area contributed by atoms with E-state index in [0.717, 1.165) is 10.0 Å². The molecule has 0 N–H and O–H groups in total. The van der Waals surface area contributed by atoms with Crippen molar-refractivity contribution in [1.82, 2.24) is 0 Å². The number of carbonyl (C=O) groups excluding carboxylic acids is 2. The molecule has 0 heterocycles. The Bertz CT molecular complexity index is 559. The fourth-order valence-corrected chi connectivity index (χ4v) is 2.70. The summed E-state index contributed by atoms with van der Waals surface area (Å²) >= 11 is 3.40. The second kappa shape index (κ2) is 7.47. The molecule has 0 aliphatic heterocycles. The summed E-state index contributed by atoms with van der Waals surface area (Å²) in [6, 6.07) is 7.70. The summed E-state index contributed by atoms with van der Waals surface area (Å²) in [5.74, 6) is -1.02. The molecule has 5 heteroatoms. The van der Waals surface area contributed by atoms with Crippen LogP contribution in [0.5, 0.6) is 0 Å². The van der Waals surface area contributed by atoms with Crippen LogP contribution in [0.25, 0.3) is 0 Å². The van der Waals surface area contributed by atoms with Crippen LogP contribution in [0.2, 0.25) is 0 Å². The van der Waals surface area contributed by atoms with Crippen molar-refractivity contribution in [3.63, 3.8) is 0 Å². The quantitative estimate of drug-likeness (QED) is 0.702. The average Bonchev–Trinajstić information content (AvgIpc) is 2.44. The molecule has 0 saturated heterocycles. The second-order valence-corrected chi connectivity index (χ2v) is 7.86. The van der Waals surface area contributed by atoms with Crippen molar-refractivity contribution >= 4 is 27.9 Å². The third-order valence-electron chi connectivity index (χ3n) is 3.91. The summed E-state index contributed by atoms with van der Waals surface area (Å²) in [6.45, 7) is 9.08. The summed E-state index contributed by atoms with van der Waals surface area (Å²) in [7, 11) is 1.34. The first-order chi connectivity index (χ1) is 10.5. The van der Waals surface area contributed by atoms with Crippen molar-refractivity contribution in [2.75, 3.05) is 7.11 Å². The Morgan fingerprint density at radius 1 is 1.13 bits per heavy atom. The van der Waals surface area contributed by atoms with E-state index in [9.17, 15) is 9.59 Å². The van der Waals surface area contributed by atoms with Gasteiger partial charge in [0.1, 0.15) is 5.60 Å². The molecule has 0 bridgehead atoms. The molecule has 1 aromatic rings. The van der Waals surface area contributed by atoms with E-state index < -0.39 is 23.0 Å². The first kappa shape index (κ1) is 19.7. The molecule has 1 unspecified atom stereocenters. The first-order valence-electron chi connectivity index (χ1n) is 7.55. The molecule has 0 fully saturated rings. The highest BCUT2D eigenvalue weighted by atomic mass is 79.9. The first-order valence-corrected chi connectivity index (χ1v) is 8.34. The number of rotatable bonds is 5. The van der Waals surface area contributed by atoms with Gasteiger partial charge in [0, 0.05) is 4.47 Å². The zero-order valence-corrected chi connectivity index (χ0v) is 16.2. The van der Waals surface area contributed by atoms with E-state index in [-0.39, 0.29) is 12.3 Å². The lowest BCUT2D eigenvalue weighted by Gasteiger charge is -2.33. The Balaban J connectivity index is 3.09. The van der Waals surface area contributed by atoms with E-state index in [1.165, 1.54) is 7.11 Å². The minimum absolute atomic E-state index is 0.0336. The highest BCUT2D eigenvalue weighted by Crippen LogP contribution is 2.40. The molecule has 23 heavy (non-hydrogen) atoms. The van der Waals surface area contributed by atoms with Gasteiger partial charge in [-0.2, -0.15) is 0 Å². The van der Waals surface area contributed by atoms with Gasteiger partial charge in [-0.05, 0) is 51.3 Å². The number of hydrogen-bond donors (Lipinski definition) is 0. The molecule has 4 nitrogen and oxygen atoms in total. The highest BCUT2D eigenvalue weighted by Gasteiger charge is 2.43. The van der Waals surface area contributed by atoms with Gasteiger partial charge in [0.2, 0.25) is 0 Å². The van der Waals surface area contributed by atoms with Gasteiger partial charge < -0.3 is 9.47 Å². The Morgan fingerprint density at radius 2 is 1.65 bits per heavy atom. The smallest absolute Gasteiger partial charge is 0.312 e. The third-order valence-corrected chi connectivity index (χ3v) is 4.44. The lowest BCUT2D eigenvalue weighted by molar-refractivity contribution is -0.166. The predicted molar refractivity (Wildman–Crippen MR) is 93.1 cm³/mol. The van der Waals surface area contributed by atoms with Gasteiger partial charge in [0.15, 0.2) is 0 Å². The van der Waals surface area contributed by atoms with Crippen LogP contribution in [0, 0.1) is 5.41 Å². The van der Waals surface area contributed by atoms with Gasteiger partial charge in [-0.3, -0.25) is 9.59 Å². The van der Waals surface area contributed by atoms with Gasteiger partial charge in [-0.25, -0.2) is 0 Å². The fraction of sp³-hybridized carbons (Fsp3) is 0.556. The largest absolute Gasteiger partial charge is 0.469 e. The van der Waals surface area contributed by atoms with Crippen molar-refractivity contribution in [2.24, 2.45) is 5.41 Å². The number of esters is 2. The summed E-state index contributed by atoms with van der Waals surface area (Å²) in [5, 5.41) is 0. The molecule has 0 aliphatic rings. The fourth-order valence-electron chi connectivity index (χ4n) is 2.43. The lowest BCUT2D eigenvalue weighted by atomic mass is 9.72. The minimum Gasteiger partial charge on any atom is -0.469 e. The molecule has 2 atom stereocenters. The molecule has 128 valence electrons. The third kappa shape index (κ3) is 5.34. The maximum absolute atomic E-state index is 12.4. The lowest BCUT2D eigenvalue weighted by Crippen LogP contribution is -2.38. The van der Waals surface area contributed by atoms with Gasteiger partial charge in [0.25, 0.3) is 0 Å². The van der Waals surface area contributed by atoms with E-state index >= 15 is 0 Å². The predicted octanol–water partition coefficient (Wildman–Crippen LogP) is 4.46. The van der Waals surface area contributed by atoms with Crippen LogP contribution in [0.4, 0.5) is 0 Å². The number of ether oxygens (including phenoxy) is 2. The molecular formula is C18H25BrO4. The van der Waals surface area contributed by atoms with E-state index in [4.69, 9.17) is 9.47 Å². The minimum atomic E-state index is -0.995.